The highest BCUT2D eigenvalue weighted by Crippen LogP contribution is 2.36. The summed E-state index contributed by atoms with van der Waals surface area (Å²) in [4.78, 5) is 2.19. The lowest BCUT2D eigenvalue weighted by molar-refractivity contribution is 0.896. The monoisotopic (exact) mass is 170 g/mol. The Bertz CT molecular complexity index is 406. The lowest BCUT2D eigenvalue weighted by Crippen LogP contribution is -2.26. The zero-order valence-corrected chi connectivity index (χ0v) is 7.20. The van der Waals surface area contributed by atoms with Gasteiger partial charge in [-0.2, -0.15) is 0 Å². The first-order chi connectivity index (χ1) is 6.38. The molecule has 0 amide bonds. The minimum absolute atomic E-state index is 0.275. The van der Waals surface area contributed by atoms with Gasteiger partial charge in [0.15, 0.2) is 0 Å². The predicted molar refractivity (Wildman–Crippen MR) is 53.3 cm³/mol. The second-order valence-corrected chi connectivity index (χ2v) is 3.47. The largest absolute Gasteiger partial charge is 0.338 e. The van der Waals surface area contributed by atoms with Crippen molar-refractivity contribution in [3.8, 4) is 0 Å². The maximum Gasteiger partial charge on any atom is 0.0791 e. The zero-order chi connectivity index (χ0) is 8.84. The van der Waals surface area contributed by atoms with E-state index in [-0.39, 0.29) is 6.04 Å². The zero-order valence-electron chi connectivity index (χ0n) is 7.20. The van der Waals surface area contributed by atoms with Crippen LogP contribution >= 0.6 is 0 Å². The topological polar surface area (TPSA) is 27.1 Å². The summed E-state index contributed by atoms with van der Waals surface area (Å²) in [6, 6.07) is 8.42. The summed E-state index contributed by atoms with van der Waals surface area (Å²) in [6.07, 6.45) is 5.20. The van der Waals surface area contributed by atoms with E-state index in [0.717, 1.165) is 17.7 Å². The minimum atomic E-state index is 0.275. The van der Waals surface area contributed by atoms with Crippen molar-refractivity contribution in [1.82, 2.24) is 0 Å². The van der Waals surface area contributed by atoms with Gasteiger partial charge in [0.2, 0.25) is 0 Å². The lowest BCUT2D eigenvalue weighted by atomic mass is 10.1. The van der Waals surface area contributed by atoms with Crippen LogP contribution in [0.1, 0.15) is 12.0 Å². The molecule has 3 rings (SSSR count). The molecular weight excluding hydrogens is 160 g/mol. The molecular formula is C11H10N2. The highest BCUT2D eigenvalue weighted by atomic mass is 15.2. The molecule has 13 heavy (non-hydrogen) atoms. The molecule has 1 atom stereocenters. The summed E-state index contributed by atoms with van der Waals surface area (Å²) >= 11 is 0. The molecule has 2 aliphatic rings. The van der Waals surface area contributed by atoms with Crippen molar-refractivity contribution < 1.29 is 0 Å². The third-order valence-electron chi connectivity index (χ3n) is 2.77. The van der Waals surface area contributed by atoms with E-state index >= 15 is 0 Å². The normalized spacial score (nSPS) is 23.5. The molecule has 0 aromatic heterocycles. The molecule has 2 heteroatoms. The first kappa shape index (κ1) is 6.89. The standard InChI is InChI=1S/C11H10N2/c12-11-8-4-1-2-5-9(8)13-7-3-6-10(11)13/h1-5,7,10,12H,6H2. The first-order valence-electron chi connectivity index (χ1n) is 4.51. The van der Waals surface area contributed by atoms with Crippen molar-refractivity contribution in [2.45, 2.75) is 12.5 Å². The number of benzene rings is 1. The lowest BCUT2D eigenvalue weighted by Gasteiger charge is -2.15. The van der Waals surface area contributed by atoms with E-state index in [1.165, 1.54) is 5.69 Å². The van der Waals surface area contributed by atoms with Gasteiger partial charge >= 0.3 is 0 Å². The number of hydrogen-bond acceptors (Lipinski definition) is 2. The number of rotatable bonds is 0. The van der Waals surface area contributed by atoms with Gasteiger partial charge in [0.25, 0.3) is 0 Å². The van der Waals surface area contributed by atoms with Gasteiger partial charge < -0.3 is 10.3 Å². The van der Waals surface area contributed by atoms with E-state index in [4.69, 9.17) is 5.41 Å². The van der Waals surface area contributed by atoms with Crippen LogP contribution in [0.3, 0.4) is 0 Å². The summed E-state index contributed by atoms with van der Waals surface area (Å²) < 4.78 is 0. The fraction of sp³-hybridized carbons (Fsp3) is 0.182. The third-order valence-corrected chi connectivity index (χ3v) is 2.77. The molecule has 2 aliphatic heterocycles. The Balaban J connectivity index is 2.23. The van der Waals surface area contributed by atoms with Crippen molar-refractivity contribution in [3.05, 3.63) is 42.1 Å². The van der Waals surface area contributed by atoms with Gasteiger partial charge in [-0.15, -0.1) is 0 Å². The Kier molecular flexibility index (Phi) is 1.18. The quantitative estimate of drug-likeness (QED) is 0.634. The van der Waals surface area contributed by atoms with E-state index in [1.807, 2.05) is 18.2 Å². The van der Waals surface area contributed by atoms with Crippen LogP contribution in [0.25, 0.3) is 0 Å². The fourth-order valence-electron chi connectivity index (χ4n) is 2.13. The van der Waals surface area contributed by atoms with E-state index in [2.05, 4.69) is 23.2 Å². The first-order valence-corrected chi connectivity index (χ1v) is 4.51. The fourth-order valence-corrected chi connectivity index (χ4v) is 2.13. The number of para-hydroxylation sites is 1. The van der Waals surface area contributed by atoms with E-state index in [1.54, 1.807) is 0 Å². The smallest absolute Gasteiger partial charge is 0.0791 e. The van der Waals surface area contributed by atoms with Gasteiger partial charge in [-0.05, 0) is 12.5 Å². The Morgan fingerprint density at radius 1 is 1.31 bits per heavy atom. The molecule has 0 saturated carbocycles. The molecule has 2 nitrogen and oxygen atoms in total. The molecule has 1 N–H and O–H groups in total. The van der Waals surface area contributed by atoms with Gasteiger partial charge in [-0.25, -0.2) is 0 Å². The number of hydrogen-bond donors (Lipinski definition) is 1. The van der Waals surface area contributed by atoms with Crippen LogP contribution in [0.4, 0.5) is 5.69 Å². The molecule has 0 fully saturated rings. The maximum atomic E-state index is 7.98. The van der Waals surface area contributed by atoms with Crippen molar-refractivity contribution in [2.75, 3.05) is 4.90 Å². The van der Waals surface area contributed by atoms with E-state index in [9.17, 15) is 0 Å². The van der Waals surface area contributed by atoms with Crippen LogP contribution in [0.2, 0.25) is 0 Å². The van der Waals surface area contributed by atoms with Crippen LogP contribution < -0.4 is 4.90 Å². The number of anilines is 1. The highest BCUT2D eigenvalue weighted by molar-refractivity contribution is 6.13. The third kappa shape index (κ3) is 0.750. The average molecular weight is 170 g/mol. The van der Waals surface area contributed by atoms with Crippen molar-refractivity contribution in [1.29, 1.82) is 5.41 Å². The van der Waals surface area contributed by atoms with Gasteiger partial charge in [-0.1, -0.05) is 24.3 Å². The minimum Gasteiger partial charge on any atom is -0.338 e. The Hall–Kier alpha value is -1.57. The summed E-state index contributed by atoms with van der Waals surface area (Å²) in [5, 5.41) is 7.98. The number of nitrogens with zero attached hydrogens (tertiary/aromatic N) is 1. The molecule has 64 valence electrons. The van der Waals surface area contributed by atoms with Gasteiger partial charge in [0.05, 0.1) is 17.4 Å². The van der Waals surface area contributed by atoms with Crippen LogP contribution in [-0.2, 0) is 0 Å². The second kappa shape index (κ2) is 2.22. The molecule has 0 bridgehead atoms. The van der Waals surface area contributed by atoms with Crippen LogP contribution in [0.5, 0.6) is 0 Å². The summed E-state index contributed by atoms with van der Waals surface area (Å²) in [6.45, 7) is 0. The van der Waals surface area contributed by atoms with Crippen molar-refractivity contribution in [2.24, 2.45) is 0 Å². The number of fused-ring (bicyclic) bond motifs is 3. The number of nitrogens with one attached hydrogen (secondary N) is 1. The van der Waals surface area contributed by atoms with Crippen molar-refractivity contribution in [3.63, 3.8) is 0 Å². The second-order valence-electron chi connectivity index (χ2n) is 3.47. The molecule has 0 aliphatic carbocycles. The molecule has 0 saturated heterocycles. The van der Waals surface area contributed by atoms with E-state index < -0.39 is 0 Å². The van der Waals surface area contributed by atoms with Crippen LogP contribution in [0.15, 0.2) is 36.5 Å². The SMILES string of the molecule is N=C1c2ccccc2N2C=CCC12. The van der Waals surface area contributed by atoms with Gasteiger partial charge in [0.1, 0.15) is 0 Å². The Morgan fingerprint density at radius 2 is 2.15 bits per heavy atom. The Morgan fingerprint density at radius 3 is 3.08 bits per heavy atom. The van der Waals surface area contributed by atoms with E-state index in [0.29, 0.717) is 0 Å². The molecule has 0 spiro atoms. The van der Waals surface area contributed by atoms with Crippen LogP contribution in [0, 0.1) is 5.41 Å². The summed E-state index contributed by atoms with van der Waals surface area (Å²) in [5.41, 5.74) is 3.05. The molecule has 1 aromatic carbocycles. The van der Waals surface area contributed by atoms with Gasteiger partial charge in [-0.3, -0.25) is 0 Å². The molecule has 1 unspecified atom stereocenters. The average Bonchev–Trinajstić information content (AvgIpc) is 2.72. The molecule has 1 aromatic rings. The summed E-state index contributed by atoms with van der Waals surface area (Å²) in [7, 11) is 0. The molecule has 2 heterocycles. The molecule has 0 radical (unpaired) electrons. The maximum absolute atomic E-state index is 7.98. The Labute approximate surface area is 77.0 Å². The summed E-state index contributed by atoms with van der Waals surface area (Å²) in [5.74, 6) is 0. The van der Waals surface area contributed by atoms with Crippen molar-refractivity contribution >= 4 is 11.4 Å². The van der Waals surface area contributed by atoms with Crippen LogP contribution in [-0.4, -0.2) is 11.8 Å². The van der Waals surface area contributed by atoms with Gasteiger partial charge in [0, 0.05) is 11.8 Å². The highest BCUT2D eigenvalue weighted by Gasteiger charge is 2.34. The predicted octanol–water partition coefficient (Wildman–Crippen LogP) is 2.16.